The minimum absolute atomic E-state index is 0.0261. The number of nitrogens with zero attached hydrogens (tertiary/aromatic N) is 1. The first kappa shape index (κ1) is 15.5. The van der Waals surface area contributed by atoms with Crippen LogP contribution in [0.15, 0.2) is 53.6 Å². The fourth-order valence-corrected chi connectivity index (χ4v) is 3.00. The van der Waals surface area contributed by atoms with Crippen LogP contribution in [0.5, 0.6) is 0 Å². The van der Waals surface area contributed by atoms with Gasteiger partial charge in [-0.2, -0.15) is 0 Å². The number of carbonyl (C=O) groups is 1. The highest BCUT2D eigenvalue weighted by Gasteiger charge is 2.24. The van der Waals surface area contributed by atoms with Crippen molar-refractivity contribution in [1.29, 1.82) is 0 Å². The first-order valence-electron chi connectivity index (χ1n) is 6.66. The van der Waals surface area contributed by atoms with Gasteiger partial charge in [-0.05, 0) is 75.3 Å². The number of furan rings is 2. The van der Waals surface area contributed by atoms with Crippen LogP contribution in [0, 0.1) is 0 Å². The molecule has 0 N–H and O–H groups in total. The molecule has 0 amide bonds. The van der Waals surface area contributed by atoms with Crippen LogP contribution in [0.3, 0.4) is 0 Å². The van der Waals surface area contributed by atoms with Crippen molar-refractivity contribution >= 4 is 49.8 Å². The average Bonchev–Trinajstić information content (AvgIpc) is 3.04. The molecule has 3 heterocycles. The summed E-state index contributed by atoms with van der Waals surface area (Å²) >= 11 is 6.53. The van der Waals surface area contributed by atoms with E-state index in [4.69, 9.17) is 8.83 Å². The molecular weight excluding hydrogens is 414 g/mol. The Balaban J connectivity index is 1.91. The van der Waals surface area contributed by atoms with Crippen LogP contribution in [-0.2, 0) is 4.79 Å². The van der Waals surface area contributed by atoms with Crippen molar-refractivity contribution in [3.8, 4) is 0 Å². The molecule has 1 fully saturated rings. The Morgan fingerprint density at radius 1 is 0.955 bits per heavy atom. The fourth-order valence-electron chi connectivity index (χ4n) is 2.36. The van der Waals surface area contributed by atoms with E-state index in [1.54, 1.807) is 24.3 Å². The summed E-state index contributed by atoms with van der Waals surface area (Å²) in [6, 6.07) is 7.26. The van der Waals surface area contributed by atoms with Crippen molar-refractivity contribution in [2.24, 2.45) is 0 Å². The molecule has 0 aliphatic carbocycles. The molecule has 1 aliphatic rings. The number of Topliss-reactive ketones (excluding diaryl/α,β-unsaturated/α-hetero) is 1. The summed E-state index contributed by atoms with van der Waals surface area (Å²) in [5.41, 5.74) is 1.40. The monoisotopic (exact) mass is 425 g/mol. The third kappa shape index (κ3) is 3.51. The average molecular weight is 427 g/mol. The molecule has 2 aromatic heterocycles. The Bertz CT molecular complexity index is 708. The first-order chi connectivity index (χ1) is 10.5. The van der Waals surface area contributed by atoms with Crippen molar-refractivity contribution in [3.05, 3.63) is 56.3 Å². The molecular formula is C16H13Br2NO3. The van der Waals surface area contributed by atoms with Gasteiger partial charge in [0.2, 0.25) is 0 Å². The van der Waals surface area contributed by atoms with E-state index in [1.165, 1.54) is 0 Å². The van der Waals surface area contributed by atoms with Crippen LogP contribution in [-0.4, -0.2) is 30.8 Å². The second-order valence-electron chi connectivity index (χ2n) is 5.12. The van der Waals surface area contributed by atoms with Crippen molar-refractivity contribution < 1.29 is 13.6 Å². The van der Waals surface area contributed by atoms with Gasteiger partial charge in [0.1, 0.15) is 11.5 Å². The van der Waals surface area contributed by atoms with Gasteiger partial charge in [-0.3, -0.25) is 9.69 Å². The lowest BCUT2D eigenvalue weighted by atomic mass is 9.96. The summed E-state index contributed by atoms with van der Waals surface area (Å²) < 4.78 is 12.2. The smallest absolute Gasteiger partial charge is 0.187 e. The maximum atomic E-state index is 12.6. The van der Waals surface area contributed by atoms with Gasteiger partial charge in [0.25, 0.3) is 0 Å². The molecule has 0 saturated carbocycles. The van der Waals surface area contributed by atoms with Crippen LogP contribution >= 0.6 is 31.9 Å². The number of carbonyl (C=O) groups excluding carboxylic acids is 1. The Labute approximate surface area is 144 Å². The minimum Gasteiger partial charge on any atom is -0.450 e. The van der Waals surface area contributed by atoms with Gasteiger partial charge in [-0.1, -0.05) is 0 Å². The van der Waals surface area contributed by atoms with Crippen LogP contribution in [0.25, 0.3) is 12.2 Å². The summed E-state index contributed by atoms with van der Waals surface area (Å²) in [5.74, 6) is 1.34. The number of piperidine rings is 1. The Kier molecular flexibility index (Phi) is 4.52. The van der Waals surface area contributed by atoms with E-state index in [9.17, 15) is 4.79 Å². The zero-order valence-corrected chi connectivity index (χ0v) is 15.0. The van der Waals surface area contributed by atoms with Gasteiger partial charge in [0.15, 0.2) is 15.1 Å². The number of hydrogen-bond acceptors (Lipinski definition) is 4. The van der Waals surface area contributed by atoms with Gasteiger partial charge in [-0.15, -0.1) is 0 Å². The summed E-state index contributed by atoms with van der Waals surface area (Å²) in [6.45, 7) is 1.19. The first-order valence-corrected chi connectivity index (χ1v) is 8.25. The summed E-state index contributed by atoms with van der Waals surface area (Å²) in [4.78, 5) is 14.7. The lowest BCUT2D eigenvalue weighted by Crippen LogP contribution is -2.34. The van der Waals surface area contributed by atoms with Crippen molar-refractivity contribution in [2.45, 2.75) is 0 Å². The third-order valence-corrected chi connectivity index (χ3v) is 4.14. The lowest BCUT2D eigenvalue weighted by molar-refractivity contribution is -0.113. The molecule has 6 heteroatoms. The molecule has 114 valence electrons. The number of likely N-dealkylation sites (N-methyl/N-ethyl adjacent to an activating group) is 1. The van der Waals surface area contributed by atoms with Gasteiger partial charge in [0.05, 0.1) is 0 Å². The molecule has 1 aliphatic heterocycles. The number of hydrogen-bond donors (Lipinski definition) is 0. The van der Waals surface area contributed by atoms with E-state index in [-0.39, 0.29) is 5.78 Å². The summed E-state index contributed by atoms with van der Waals surface area (Å²) in [6.07, 6.45) is 3.57. The predicted molar refractivity (Wildman–Crippen MR) is 91.3 cm³/mol. The fraction of sp³-hybridized carbons (Fsp3) is 0.188. The maximum Gasteiger partial charge on any atom is 0.187 e. The Morgan fingerprint density at radius 3 is 1.77 bits per heavy atom. The number of halogens is 2. The summed E-state index contributed by atoms with van der Waals surface area (Å²) in [7, 11) is 1.98. The zero-order valence-electron chi connectivity index (χ0n) is 11.8. The van der Waals surface area contributed by atoms with Crippen LogP contribution in [0.2, 0.25) is 0 Å². The largest absolute Gasteiger partial charge is 0.450 e. The second kappa shape index (κ2) is 6.40. The number of ketones is 1. The van der Waals surface area contributed by atoms with E-state index in [0.717, 1.165) is 0 Å². The molecule has 22 heavy (non-hydrogen) atoms. The van der Waals surface area contributed by atoms with Crippen molar-refractivity contribution in [3.63, 3.8) is 0 Å². The van der Waals surface area contributed by atoms with Gasteiger partial charge in [-0.25, -0.2) is 0 Å². The number of likely N-dealkylation sites (tertiary alicyclic amines) is 1. The molecule has 0 aromatic carbocycles. The van der Waals surface area contributed by atoms with Gasteiger partial charge < -0.3 is 8.83 Å². The molecule has 0 unspecified atom stereocenters. The van der Waals surface area contributed by atoms with Crippen LogP contribution in [0.1, 0.15) is 11.5 Å². The van der Waals surface area contributed by atoms with E-state index < -0.39 is 0 Å². The normalized spacial score (nSPS) is 20.2. The molecule has 3 rings (SSSR count). The quantitative estimate of drug-likeness (QED) is 0.668. The Hall–Kier alpha value is -1.37. The van der Waals surface area contributed by atoms with Gasteiger partial charge in [0, 0.05) is 24.2 Å². The van der Waals surface area contributed by atoms with E-state index in [2.05, 4.69) is 36.8 Å². The Morgan fingerprint density at radius 2 is 1.41 bits per heavy atom. The van der Waals surface area contributed by atoms with Crippen LogP contribution < -0.4 is 0 Å². The highest BCUT2D eigenvalue weighted by atomic mass is 79.9. The molecule has 4 nitrogen and oxygen atoms in total. The second-order valence-corrected chi connectivity index (χ2v) is 6.69. The highest BCUT2D eigenvalue weighted by molar-refractivity contribution is 9.10. The van der Waals surface area contributed by atoms with E-state index in [0.29, 0.717) is 45.1 Å². The highest BCUT2D eigenvalue weighted by Crippen LogP contribution is 2.24. The number of rotatable bonds is 2. The minimum atomic E-state index is 0.0261. The van der Waals surface area contributed by atoms with Crippen molar-refractivity contribution in [2.75, 3.05) is 20.1 Å². The third-order valence-electron chi connectivity index (χ3n) is 3.28. The molecule has 1 saturated heterocycles. The van der Waals surface area contributed by atoms with E-state index in [1.807, 2.05) is 19.2 Å². The maximum absolute atomic E-state index is 12.6. The lowest BCUT2D eigenvalue weighted by Gasteiger charge is -2.25. The molecule has 0 bridgehead atoms. The summed E-state index contributed by atoms with van der Waals surface area (Å²) in [5, 5.41) is 0. The van der Waals surface area contributed by atoms with Gasteiger partial charge >= 0.3 is 0 Å². The molecule has 2 aromatic rings. The SMILES string of the molecule is CN1CC(=Cc2ccc(Br)o2)C(=O)C(=Cc2ccc(Br)o2)C1. The predicted octanol–water partition coefficient (Wildman–Crippen LogP) is 4.38. The van der Waals surface area contributed by atoms with Crippen LogP contribution in [0.4, 0.5) is 0 Å². The zero-order chi connectivity index (χ0) is 15.7. The standard InChI is InChI=1S/C16H13Br2NO3/c1-19-8-10(6-12-2-4-14(17)21-12)16(20)11(9-19)7-13-3-5-15(18)22-13/h2-7H,8-9H2,1H3. The van der Waals surface area contributed by atoms with Crippen molar-refractivity contribution in [1.82, 2.24) is 4.90 Å². The topological polar surface area (TPSA) is 46.6 Å². The molecule has 0 atom stereocenters. The van der Waals surface area contributed by atoms with E-state index >= 15 is 0 Å². The molecule has 0 spiro atoms. The molecule has 0 radical (unpaired) electrons.